The molecule has 0 N–H and O–H groups in total. The monoisotopic (exact) mass is 524 g/mol. The first kappa shape index (κ1) is 23.4. The Morgan fingerprint density at radius 2 is 1.84 bits per heavy atom. The highest BCUT2D eigenvalue weighted by molar-refractivity contribution is 9.10. The van der Waals surface area contributed by atoms with Crippen LogP contribution >= 0.6 is 27.3 Å². The first-order valence-electron chi connectivity index (χ1n) is 9.38. The highest BCUT2D eigenvalue weighted by Gasteiger charge is 2.19. The number of fused-ring (bicyclic) bond motifs is 1. The van der Waals surface area contributed by atoms with Crippen LogP contribution in [-0.4, -0.2) is 37.2 Å². The van der Waals surface area contributed by atoms with Gasteiger partial charge in [-0.25, -0.2) is 8.42 Å². The number of hydrogen-bond acceptors (Lipinski definition) is 6. The Hall–Kier alpha value is -2.30. The predicted octanol–water partition coefficient (Wildman–Crippen LogP) is 3.49. The van der Waals surface area contributed by atoms with Gasteiger partial charge in [-0.3, -0.25) is 9.59 Å². The highest BCUT2D eigenvalue weighted by Crippen LogP contribution is 2.22. The minimum Gasteiger partial charge on any atom is -0.468 e. The molecule has 1 aromatic heterocycles. The van der Waals surface area contributed by atoms with Gasteiger partial charge >= 0.3 is 5.97 Å². The summed E-state index contributed by atoms with van der Waals surface area (Å²) in [4.78, 5) is 29.3. The molecule has 1 heterocycles. The maximum absolute atomic E-state index is 12.6. The minimum absolute atomic E-state index is 0.0121. The van der Waals surface area contributed by atoms with Crippen molar-refractivity contribution in [1.29, 1.82) is 0 Å². The number of hydrogen-bond donors (Lipinski definition) is 0. The van der Waals surface area contributed by atoms with E-state index >= 15 is 0 Å². The third-order valence-electron chi connectivity index (χ3n) is 4.61. The predicted molar refractivity (Wildman–Crippen MR) is 123 cm³/mol. The number of methoxy groups -OCH3 is 1. The van der Waals surface area contributed by atoms with Crippen molar-refractivity contribution in [3.05, 3.63) is 57.3 Å². The summed E-state index contributed by atoms with van der Waals surface area (Å²) in [5.41, 5.74) is 1.42. The number of esters is 1. The number of carbonyl (C=O) groups excluding carboxylic acids is 2. The summed E-state index contributed by atoms with van der Waals surface area (Å²) in [6, 6.07) is 11.8. The number of carbonyl (C=O) groups is 2. The molecule has 0 unspecified atom stereocenters. The number of thiazole rings is 1. The third-order valence-corrected chi connectivity index (χ3v) is 8.31. The number of amides is 1. The second kappa shape index (κ2) is 9.46. The van der Waals surface area contributed by atoms with Gasteiger partial charge in [-0.05, 0) is 49.7 Å². The molecular weight excluding hydrogens is 504 g/mol. The maximum atomic E-state index is 12.6. The van der Waals surface area contributed by atoms with Crippen LogP contribution in [0.3, 0.4) is 0 Å². The zero-order valence-corrected chi connectivity index (χ0v) is 20.4. The lowest BCUT2D eigenvalue weighted by molar-refractivity contribution is -0.141. The summed E-state index contributed by atoms with van der Waals surface area (Å²) >= 11 is 4.72. The SMILES string of the molecule is COC(=O)Cn1c(=NC(=O)Cc2ccc(S(=O)(=O)C(C)C)cc2)sc2cc(Br)ccc21. The summed E-state index contributed by atoms with van der Waals surface area (Å²) < 4.78 is 32.6. The molecule has 0 saturated carbocycles. The number of aromatic nitrogens is 1. The number of halogens is 1. The van der Waals surface area contributed by atoms with E-state index in [-0.39, 0.29) is 17.9 Å². The van der Waals surface area contributed by atoms with Crippen molar-refractivity contribution in [2.45, 2.75) is 37.0 Å². The van der Waals surface area contributed by atoms with Gasteiger partial charge in [0.15, 0.2) is 14.6 Å². The summed E-state index contributed by atoms with van der Waals surface area (Å²) in [5.74, 6) is -0.845. The van der Waals surface area contributed by atoms with Gasteiger partial charge < -0.3 is 9.30 Å². The van der Waals surface area contributed by atoms with E-state index in [1.807, 2.05) is 18.2 Å². The second-order valence-corrected chi connectivity index (χ2v) is 11.5. The van der Waals surface area contributed by atoms with E-state index in [1.54, 1.807) is 30.5 Å². The van der Waals surface area contributed by atoms with Crippen molar-refractivity contribution in [2.75, 3.05) is 7.11 Å². The molecule has 0 radical (unpaired) electrons. The van der Waals surface area contributed by atoms with Gasteiger partial charge in [-0.1, -0.05) is 39.4 Å². The largest absolute Gasteiger partial charge is 0.468 e. The Kier molecular flexibility index (Phi) is 7.13. The Bertz CT molecular complexity index is 1310. The first-order chi connectivity index (χ1) is 14.6. The number of benzene rings is 2. The van der Waals surface area contributed by atoms with Gasteiger partial charge in [0.25, 0.3) is 5.91 Å². The molecule has 0 bridgehead atoms. The fraction of sp³-hybridized carbons (Fsp3) is 0.286. The molecule has 3 rings (SSSR count). The van der Waals surface area contributed by atoms with Crippen LogP contribution in [0.25, 0.3) is 10.2 Å². The van der Waals surface area contributed by atoms with Crippen molar-refractivity contribution < 1.29 is 22.7 Å². The number of ether oxygens (including phenoxy) is 1. The van der Waals surface area contributed by atoms with E-state index in [0.29, 0.717) is 10.4 Å². The lowest BCUT2D eigenvalue weighted by Crippen LogP contribution is -2.22. The Balaban J connectivity index is 1.92. The molecule has 0 aliphatic rings. The van der Waals surface area contributed by atoms with Crippen molar-refractivity contribution in [1.82, 2.24) is 4.57 Å². The van der Waals surface area contributed by atoms with Crippen molar-refractivity contribution in [3.8, 4) is 0 Å². The molecule has 0 aliphatic heterocycles. The van der Waals surface area contributed by atoms with Gasteiger partial charge in [0.05, 0.1) is 33.9 Å². The zero-order valence-electron chi connectivity index (χ0n) is 17.2. The molecule has 3 aromatic rings. The minimum atomic E-state index is -3.37. The molecule has 10 heteroatoms. The van der Waals surface area contributed by atoms with Gasteiger partial charge in [-0.15, -0.1) is 0 Å². The summed E-state index contributed by atoms with van der Waals surface area (Å²) in [6.45, 7) is 3.18. The van der Waals surface area contributed by atoms with E-state index in [4.69, 9.17) is 4.74 Å². The summed E-state index contributed by atoms with van der Waals surface area (Å²) in [7, 11) is -2.06. The standard InChI is InChI=1S/C21H21BrN2O5S2/c1-13(2)31(27,28)16-7-4-14(5-8-16)10-19(25)23-21-24(12-20(26)29-3)17-9-6-15(22)11-18(17)30-21/h4-9,11,13H,10,12H2,1-3H3. The molecule has 31 heavy (non-hydrogen) atoms. The summed E-state index contributed by atoms with van der Waals surface area (Å²) in [5, 5.41) is -0.520. The quantitative estimate of drug-likeness (QED) is 0.460. The first-order valence-corrected chi connectivity index (χ1v) is 12.5. The van der Waals surface area contributed by atoms with E-state index < -0.39 is 27.0 Å². The molecule has 0 saturated heterocycles. The van der Waals surface area contributed by atoms with Gasteiger partial charge in [0.1, 0.15) is 6.54 Å². The van der Waals surface area contributed by atoms with Crippen LogP contribution in [0.5, 0.6) is 0 Å². The molecule has 0 fully saturated rings. The van der Waals surface area contributed by atoms with Crippen LogP contribution in [0, 0.1) is 0 Å². The molecule has 2 aromatic carbocycles. The highest BCUT2D eigenvalue weighted by atomic mass is 79.9. The lowest BCUT2D eigenvalue weighted by atomic mass is 10.1. The Morgan fingerprint density at radius 3 is 2.45 bits per heavy atom. The average molecular weight is 525 g/mol. The third kappa shape index (κ3) is 5.31. The molecule has 7 nitrogen and oxygen atoms in total. The molecule has 0 atom stereocenters. The number of sulfone groups is 1. The Labute approximate surface area is 192 Å². The van der Waals surface area contributed by atoms with Crippen LogP contribution in [0.4, 0.5) is 0 Å². The second-order valence-electron chi connectivity index (χ2n) is 7.08. The van der Waals surface area contributed by atoms with Gasteiger partial charge in [0.2, 0.25) is 0 Å². The van der Waals surface area contributed by atoms with E-state index in [9.17, 15) is 18.0 Å². The van der Waals surface area contributed by atoms with Crippen LogP contribution in [0.15, 0.2) is 56.8 Å². The topological polar surface area (TPSA) is 94.8 Å². The fourth-order valence-electron chi connectivity index (χ4n) is 2.87. The number of rotatable bonds is 6. The van der Waals surface area contributed by atoms with E-state index in [0.717, 1.165) is 14.7 Å². The molecular formula is C21H21BrN2O5S2. The van der Waals surface area contributed by atoms with Gasteiger partial charge in [0, 0.05) is 4.47 Å². The van der Waals surface area contributed by atoms with Crippen LogP contribution < -0.4 is 4.80 Å². The van der Waals surface area contributed by atoms with Crippen molar-refractivity contribution in [3.63, 3.8) is 0 Å². The zero-order chi connectivity index (χ0) is 22.8. The average Bonchev–Trinajstić information content (AvgIpc) is 3.03. The maximum Gasteiger partial charge on any atom is 0.325 e. The van der Waals surface area contributed by atoms with Crippen LogP contribution in [0.2, 0.25) is 0 Å². The van der Waals surface area contributed by atoms with Crippen LogP contribution in [-0.2, 0) is 37.1 Å². The smallest absolute Gasteiger partial charge is 0.325 e. The fourth-order valence-corrected chi connectivity index (χ4v) is 5.53. The van der Waals surface area contributed by atoms with Crippen molar-refractivity contribution >= 4 is 59.2 Å². The lowest BCUT2D eigenvalue weighted by Gasteiger charge is -2.08. The molecule has 0 aliphatic carbocycles. The normalized spacial score (nSPS) is 12.5. The van der Waals surface area contributed by atoms with Gasteiger partial charge in [-0.2, -0.15) is 4.99 Å². The van der Waals surface area contributed by atoms with Crippen LogP contribution in [0.1, 0.15) is 19.4 Å². The molecule has 0 spiro atoms. The molecule has 1 amide bonds. The Morgan fingerprint density at radius 1 is 1.16 bits per heavy atom. The molecule has 164 valence electrons. The van der Waals surface area contributed by atoms with Crippen molar-refractivity contribution in [2.24, 2.45) is 4.99 Å². The van der Waals surface area contributed by atoms with E-state index in [1.165, 1.54) is 30.6 Å². The van der Waals surface area contributed by atoms with E-state index in [2.05, 4.69) is 20.9 Å². The summed E-state index contributed by atoms with van der Waals surface area (Å²) in [6.07, 6.45) is 0.0121. The number of nitrogens with zero attached hydrogens (tertiary/aromatic N) is 2.